The number of hydrogen-bond donors (Lipinski definition) is 0. The highest BCUT2D eigenvalue weighted by atomic mass is 15.0. The predicted molar refractivity (Wildman–Crippen MR) is 299 cm³/mol. The molecule has 0 radical (unpaired) electrons. The lowest BCUT2D eigenvalue weighted by molar-refractivity contribution is 0.771. The highest BCUT2D eigenvalue weighted by Crippen LogP contribution is 2.61. The SMILES string of the molecule is N#Cc1ccc(-n2c3ccccc3c3ccc4c(c32)C(c2ccccc2)(c2ccccc2)c2ccccc2-4)c(C#N)c1-n1c2ccccc2c2ccc3c(c21)C(c1ccccc1)(c1ccccc1)c1ccccc1-3. The molecule has 0 fully saturated rings. The van der Waals surface area contributed by atoms with Crippen LogP contribution < -0.4 is 0 Å². The number of aromatic nitrogens is 2. The third-order valence-electron chi connectivity index (χ3n) is 16.3. The summed E-state index contributed by atoms with van der Waals surface area (Å²) in [6.45, 7) is 0. The molecule has 2 aromatic heterocycles. The second-order valence-electron chi connectivity index (χ2n) is 19.6. The summed E-state index contributed by atoms with van der Waals surface area (Å²) >= 11 is 0. The molecule has 11 aromatic carbocycles. The Labute approximate surface area is 428 Å². The smallest absolute Gasteiger partial charge is 0.104 e. The van der Waals surface area contributed by atoms with Gasteiger partial charge in [-0.2, -0.15) is 10.5 Å². The second-order valence-corrected chi connectivity index (χ2v) is 19.6. The minimum Gasteiger partial charge on any atom is -0.307 e. The van der Waals surface area contributed by atoms with E-state index in [0.29, 0.717) is 22.5 Å². The molecule has 15 rings (SSSR count). The average molecular weight is 939 g/mol. The Balaban J connectivity index is 1.13. The van der Waals surface area contributed by atoms with Gasteiger partial charge in [-0.1, -0.05) is 231 Å². The summed E-state index contributed by atoms with van der Waals surface area (Å²) in [5.74, 6) is 0. The standard InChI is InChI=1S/C70H42N4/c71-43-45-37-42-63(73-61-35-19-15-31-52(61)56-40-38-54-50-29-13-17-33-59(50)69(64(54)67(56)73,46-21-5-1-6-22-46)47-23-7-2-8-24-47)58(44-72)66(45)74-62-36-20-16-32-53(62)57-41-39-55-51-30-14-18-34-60(51)70(65(55)68(57)74,48-25-9-3-10-26-48)49-27-11-4-12-28-49/h1-42H. The quantitative estimate of drug-likeness (QED) is 0.167. The Hall–Kier alpha value is -10.0. The molecule has 13 aromatic rings. The van der Waals surface area contributed by atoms with E-state index in [9.17, 15) is 10.5 Å². The molecule has 0 N–H and O–H groups in total. The van der Waals surface area contributed by atoms with E-state index >= 15 is 0 Å². The number of nitriles is 2. The van der Waals surface area contributed by atoms with Crippen molar-refractivity contribution in [1.82, 2.24) is 9.13 Å². The zero-order chi connectivity index (χ0) is 49.1. The lowest BCUT2D eigenvalue weighted by atomic mass is 9.67. The molecule has 0 atom stereocenters. The fourth-order valence-corrected chi connectivity index (χ4v) is 13.6. The molecule has 74 heavy (non-hydrogen) atoms. The van der Waals surface area contributed by atoms with Crippen LogP contribution >= 0.6 is 0 Å². The highest BCUT2D eigenvalue weighted by Gasteiger charge is 2.50. The number of para-hydroxylation sites is 2. The van der Waals surface area contributed by atoms with Crippen molar-refractivity contribution in [2.75, 3.05) is 0 Å². The summed E-state index contributed by atoms with van der Waals surface area (Å²) in [5, 5.41) is 28.0. The maximum absolute atomic E-state index is 12.2. The highest BCUT2D eigenvalue weighted by molar-refractivity contribution is 6.16. The molecule has 0 saturated carbocycles. The van der Waals surface area contributed by atoms with Crippen LogP contribution in [0.15, 0.2) is 255 Å². The van der Waals surface area contributed by atoms with Crippen molar-refractivity contribution in [3.63, 3.8) is 0 Å². The van der Waals surface area contributed by atoms with Crippen LogP contribution in [0.1, 0.15) is 55.6 Å². The maximum Gasteiger partial charge on any atom is 0.104 e. The van der Waals surface area contributed by atoms with Crippen molar-refractivity contribution in [3.05, 3.63) is 310 Å². The largest absolute Gasteiger partial charge is 0.307 e. The van der Waals surface area contributed by atoms with Gasteiger partial charge in [0.1, 0.15) is 17.7 Å². The van der Waals surface area contributed by atoms with Gasteiger partial charge >= 0.3 is 0 Å². The van der Waals surface area contributed by atoms with Crippen LogP contribution in [0.25, 0.3) is 77.2 Å². The summed E-state index contributed by atoms with van der Waals surface area (Å²) in [6, 6.07) is 96.6. The van der Waals surface area contributed by atoms with Crippen LogP contribution in [0.5, 0.6) is 0 Å². The molecule has 0 spiro atoms. The number of nitrogens with zero attached hydrogens (tertiary/aromatic N) is 4. The van der Waals surface area contributed by atoms with Gasteiger partial charge in [-0.05, 0) is 79.9 Å². The zero-order valence-electron chi connectivity index (χ0n) is 40.0. The first-order valence-electron chi connectivity index (χ1n) is 25.2. The maximum atomic E-state index is 12.2. The fourth-order valence-electron chi connectivity index (χ4n) is 13.6. The van der Waals surface area contributed by atoms with Crippen LogP contribution in [-0.4, -0.2) is 9.13 Å². The van der Waals surface area contributed by atoms with Crippen LogP contribution in [0, 0.1) is 22.7 Å². The first-order chi connectivity index (χ1) is 36.7. The van der Waals surface area contributed by atoms with E-state index in [1.54, 1.807) is 0 Å². The van der Waals surface area contributed by atoms with Gasteiger partial charge in [0.25, 0.3) is 0 Å². The predicted octanol–water partition coefficient (Wildman–Crippen LogP) is 16.4. The van der Waals surface area contributed by atoms with Gasteiger partial charge in [-0.3, -0.25) is 0 Å². The Bertz CT molecular complexity index is 4470. The molecule has 342 valence electrons. The Kier molecular flexibility index (Phi) is 8.89. The van der Waals surface area contributed by atoms with E-state index in [-0.39, 0.29) is 0 Å². The minimum absolute atomic E-state index is 0.408. The third kappa shape index (κ3) is 5.28. The summed E-state index contributed by atoms with van der Waals surface area (Å²) in [7, 11) is 0. The molecule has 0 saturated heterocycles. The summed E-state index contributed by atoms with van der Waals surface area (Å²) in [4.78, 5) is 0. The summed E-state index contributed by atoms with van der Waals surface area (Å²) in [6.07, 6.45) is 0. The number of rotatable bonds is 6. The van der Waals surface area contributed by atoms with E-state index in [2.05, 4.69) is 264 Å². The molecule has 4 heteroatoms. The van der Waals surface area contributed by atoms with Crippen molar-refractivity contribution in [2.24, 2.45) is 0 Å². The van der Waals surface area contributed by atoms with E-state index in [0.717, 1.165) is 93.7 Å². The lowest BCUT2D eigenvalue weighted by Crippen LogP contribution is -2.29. The Morgan fingerprint density at radius 2 is 0.703 bits per heavy atom. The first kappa shape index (κ1) is 41.8. The van der Waals surface area contributed by atoms with Gasteiger partial charge in [0.05, 0.1) is 49.8 Å². The average Bonchev–Trinajstić information content (AvgIpc) is 4.32. The molecular weight excluding hydrogens is 897 g/mol. The molecular formula is C70H42N4. The molecule has 2 aliphatic carbocycles. The third-order valence-corrected chi connectivity index (χ3v) is 16.3. The van der Waals surface area contributed by atoms with Gasteiger partial charge in [-0.15, -0.1) is 0 Å². The Morgan fingerprint density at radius 3 is 1.15 bits per heavy atom. The molecule has 4 nitrogen and oxygen atoms in total. The minimum atomic E-state index is -0.766. The van der Waals surface area contributed by atoms with Gasteiger partial charge < -0.3 is 9.13 Å². The van der Waals surface area contributed by atoms with Crippen molar-refractivity contribution >= 4 is 43.6 Å². The van der Waals surface area contributed by atoms with Gasteiger partial charge in [0.2, 0.25) is 0 Å². The van der Waals surface area contributed by atoms with Gasteiger partial charge in [0.15, 0.2) is 0 Å². The van der Waals surface area contributed by atoms with Crippen LogP contribution in [0.2, 0.25) is 0 Å². The Morgan fingerprint density at radius 1 is 0.311 bits per heavy atom. The molecule has 0 amide bonds. The second kappa shape index (κ2) is 15.7. The molecule has 2 aliphatic rings. The van der Waals surface area contributed by atoms with E-state index in [1.807, 2.05) is 12.1 Å². The van der Waals surface area contributed by atoms with Crippen molar-refractivity contribution in [2.45, 2.75) is 10.8 Å². The first-order valence-corrected chi connectivity index (χ1v) is 25.2. The number of hydrogen-bond acceptors (Lipinski definition) is 2. The summed E-state index contributed by atoms with van der Waals surface area (Å²) < 4.78 is 4.61. The molecule has 0 unspecified atom stereocenters. The topological polar surface area (TPSA) is 57.4 Å². The van der Waals surface area contributed by atoms with E-state index in [1.165, 1.54) is 16.7 Å². The van der Waals surface area contributed by atoms with Gasteiger partial charge in [0, 0.05) is 32.7 Å². The summed E-state index contributed by atoms with van der Waals surface area (Å²) in [5.41, 5.74) is 18.3. The number of benzene rings is 11. The normalized spacial score (nSPS) is 13.6. The van der Waals surface area contributed by atoms with E-state index < -0.39 is 10.8 Å². The molecule has 2 heterocycles. The zero-order valence-corrected chi connectivity index (χ0v) is 40.0. The monoisotopic (exact) mass is 938 g/mol. The van der Waals surface area contributed by atoms with Crippen LogP contribution in [0.4, 0.5) is 0 Å². The van der Waals surface area contributed by atoms with Crippen molar-refractivity contribution < 1.29 is 0 Å². The lowest BCUT2D eigenvalue weighted by Gasteiger charge is -2.35. The van der Waals surface area contributed by atoms with Crippen molar-refractivity contribution in [1.29, 1.82) is 10.5 Å². The molecule has 0 aliphatic heterocycles. The van der Waals surface area contributed by atoms with Crippen molar-refractivity contribution in [3.8, 4) is 45.8 Å². The fraction of sp³-hybridized carbons (Fsp3) is 0.0286. The molecule has 0 bridgehead atoms. The van der Waals surface area contributed by atoms with Gasteiger partial charge in [-0.25, -0.2) is 0 Å². The number of fused-ring (bicyclic) bond motifs is 14. The van der Waals surface area contributed by atoms with Crippen LogP contribution in [0.3, 0.4) is 0 Å². The van der Waals surface area contributed by atoms with Crippen LogP contribution in [-0.2, 0) is 10.8 Å². The van der Waals surface area contributed by atoms with E-state index in [4.69, 9.17) is 0 Å².